The van der Waals surface area contributed by atoms with E-state index in [1.807, 2.05) is 20.8 Å². The summed E-state index contributed by atoms with van der Waals surface area (Å²) in [6.45, 7) is 6.96. The summed E-state index contributed by atoms with van der Waals surface area (Å²) < 4.78 is 5.38. The van der Waals surface area contributed by atoms with E-state index in [2.05, 4.69) is 0 Å². The molecule has 0 aromatic heterocycles. The standard InChI is InChI=1S/C15H25NO4/c1-14(2,3)20-13(19)16-8-6-15(7-9-16)5-4-11(10-15)12(17)18/h11H,4-10H2,1-3H3,(H,17,18)/t11-/m0/s1. The number of ether oxygens (including phenoxy) is 1. The van der Waals surface area contributed by atoms with Gasteiger partial charge in [0.15, 0.2) is 0 Å². The van der Waals surface area contributed by atoms with Crippen molar-refractivity contribution < 1.29 is 19.4 Å². The van der Waals surface area contributed by atoms with Crippen molar-refractivity contribution in [2.45, 2.75) is 58.5 Å². The number of carbonyl (C=O) groups is 2. The van der Waals surface area contributed by atoms with Crippen molar-refractivity contribution in [3.05, 3.63) is 0 Å². The van der Waals surface area contributed by atoms with Crippen LogP contribution in [0.4, 0.5) is 4.79 Å². The largest absolute Gasteiger partial charge is 0.481 e. The van der Waals surface area contributed by atoms with E-state index in [1.54, 1.807) is 4.90 Å². The van der Waals surface area contributed by atoms with E-state index in [9.17, 15) is 9.59 Å². The zero-order chi connectivity index (χ0) is 15.0. The zero-order valence-corrected chi connectivity index (χ0v) is 12.6. The van der Waals surface area contributed by atoms with E-state index in [0.717, 1.165) is 32.1 Å². The number of aliphatic carboxylic acids is 1. The molecule has 114 valence electrons. The maximum Gasteiger partial charge on any atom is 0.410 e. The third kappa shape index (κ3) is 3.44. The summed E-state index contributed by atoms with van der Waals surface area (Å²) in [5.74, 6) is -0.862. The summed E-state index contributed by atoms with van der Waals surface area (Å²) in [5.41, 5.74) is -0.324. The fraction of sp³-hybridized carbons (Fsp3) is 0.867. The first kappa shape index (κ1) is 15.1. The molecule has 1 atom stereocenters. The van der Waals surface area contributed by atoms with Gasteiger partial charge in [-0.2, -0.15) is 0 Å². The van der Waals surface area contributed by atoms with Gasteiger partial charge in [0.25, 0.3) is 0 Å². The van der Waals surface area contributed by atoms with Crippen molar-refractivity contribution in [2.24, 2.45) is 11.3 Å². The first-order valence-corrected chi connectivity index (χ1v) is 7.42. The molecule has 2 fully saturated rings. The quantitative estimate of drug-likeness (QED) is 0.803. The molecular formula is C15H25NO4. The third-order valence-corrected chi connectivity index (χ3v) is 4.53. The van der Waals surface area contributed by atoms with Crippen LogP contribution in [0.3, 0.4) is 0 Å². The van der Waals surface area contributed by atoms with Crippen molar-refractivity contribution in [3.63, 3.8) is 0 Å². The van der Waals surface area contributed by atoms with E-state index in [1.165, 1.54) is 0 Å². The number of hydrogen-bond donors (Lipinski definition) is 1. The molecule has 1 saturated heterocycles. The molecule has 2 aliphatic rings. The lowest BCUT2D eigenvalue weighted by Crippen LogP contribution is -2.44. The van der Waals surface area contributed by atoms with Crippen LogP contribution in [0.15, 0.2) is 0 Å². The van der Waals surface area contributed by atoms with Crippen LogP contribution in [0.5, 0.6) is 0 Å². The second-order valence-corrected chi connectivity index (χ2v) is 7.25. The first-order valence-electron chi connectivity index (χ1n) is 7.42. The molecule has 1 spiro atoms. The Morgan fingerprint density at radius 1 is 1.20 bits per heavy atom. The molecule has 1 N–H and O–H groups in total. The Morgan fingerprint density at radius 3 is 2.25 bits per heavy atom. The summed E-state index contributed by atoms with van der Waals surface area (Å²) in [7, 11) is 0. The highest BCUT2D eigenvalue weighted by Gasteiger charge is 2.44. The SMILES string of the molecule is CC(C)(C)OC(=O)N1CCC2(CC[C@H](C(=O)O)C2)CC1. The van der Waals surface area contributed by atoms with Gasteiger partial charge in [0.1, 0.15) is 5.60 Å². The lowest BCUT2D eigenvalue weighted by molar-refractivity contribution is -0.141. The smallest absolute Gasteiger partial charge is 0.410 e. The average molecular weight is 283 g/mol. The van der Waals surface area contributed by atoms with Crippen LogP contribution < -0.4 is 0 Å². The fourth-order valence-electron chi connectivity index (χ4n) is 3.36. The number of carbonyl (C=O) groups excluding carboxylic acids is 1. The number of likely N-dealkylation sites (tertiary alicyclic amines) is 1. The van der Waals surface area contributed by atoms with Gasteiger partial charge in [-0.3, -0.25) is 4.79 Å². The molecule has 0 aromatic carbocycles. The summed E-state index contributed by atoms with van der Waals surface area (Å²) in [5, 5.41) is 9.11. The Labute approximate surface area is 120 Å². The number of rotatable bonds is 1. The normalized spacial score (nSPS) is 25.8. The molecule has 0 unspecified atom stereocenters. The number of carboxylic acid groups (broad SMARTS) is 1. The molecule has 0 radical (unpaired) electrons. The highest BCUT2D eigenvalue weighted by atomic mass is 16.6. The summed E-state index contributed by atoms with van der Waals surface area (Å²) in [6.07, 6.45) is 4.07. The van der Waals surface area contributed by atoms with Gasteiger partial charge < -0.3 is 14.7 Å². The number of piperidine rings is 1. The predicted octanol–water partition coefficient (Wildman–Crippen LogP) is 2.89. The van der Waals surface area contributed by atoms with Crippen LogP contribution in [-0.2, 0) is 9.53 Å². The van der Waals surface area contributed by atoms with Crippen LogP contribution in [0, 0.1) is 11.3 Å². The van der Waals surface area contributed by atoms with E-state index >= 15 is 0 Å². The van der Waals surface area contributed by atoms with Crippen molar-refractivity contribution in [2.75, 3.05) is 13.1 Å². The molecule has 2 rings (SSSR count). The summed E-state index contributed by atoms with van der Waals surface area (Å²) in [6, 6.07) is 0. The van der Waals surface area contributed by atoms with Crippen molar-refractivity contribution in [3.8, 4) is 0 Å². The number of hydrogen-bond acceptors (Lipinski definition) is 3. The Kier molecular flexibility index (Phi) is 3.98. The Hall–Kier alpha value is -1.26. The minimum Gasteiger partial charge on any atom is -0.481 e. The van der Waals surface area contributed by atoms with E-state index in [4.69, 9.17) is 9.84 Å². The highest BCUT2D eigenvalue weighted by Crippen LogP contribution is 2.49. The maximum absolute atomic E-state index is 12.0. The summed E-state index contributed by atoms with van der Waals surface area (Å²) in [4.78, 5) is 24.8. The van der Waals surface area contributed by atoms with E-state index < -0.39 is 11.6 Å². The van der Waals surface area contributed by atoms with Crippen LogP contribution in [0.2, 0.25) is 0 Å². The van der Waals surface area contributed by atoms with Gasteiger partial charge in [0, 0.05) is 13.1 Å². The third-order valence-electron chi connectivity index (χ3n) is 4.53. The fourth-order valence-corrected chi connectivity index (χ4v) is 3.36. The second kappa shape index (κ2) is 5.26. The van der Waals surface area contributed by atoms with Gasteiger partial charge in [-0.1, -0.05) is 0 Å². The van der Waals surface area contributed by atoms with E-state index in [0.29, 0.717) is 13.1 Å². The minimum atomic E-state index is -0.670. The van der Waals surface area contributed by atoms with Crippen LogP contribution in [0.1, 0.15) is 52.9 Å². The molecule has 1 saturated carbocycles. The monoisotopic (exact) mass is 283 g/mol. The van der Waals surface area contributed by atoms with Gasteiger partial charge >= 0.3 is 12.1 Å². The molecule has 5 nitrogen and oxygen atoms in total. The molecule has 1 aliphatic heterocycles. The highest BCUT2D eigenvalue weighted by molar-refractivity contribution is 5.70. The average Bonchev–Trinajstić information content (AvgIpc) is 2.72. The molecule has 5 heteroatoms. The van der Waals surface area contributed by atoms with Crippen molar-refractivity contribution in [1.82, 2.24) is 4.90 Å². The van der Waals surface area contributed by atoms with Gasteiger partial charge in [0.05, 0.1) is 5.92 Å². The number of amides is 1. The van der Waals surface area contributed by atoms with Gasteiger partial charge in [0.2, 0.25) is 0 Å². The molecule has 0 bridgehead atoms. The van der Waals surface area contributed by atoms with Crippen molar-refractivity contribution >= 4 is 12.1 Å². The molecule has 1 amide bonds. The minimum absolute atomic E-state index is 0.140. The molecule has 0 aromatic rings. The molecule has 1 heterocycles. The Bertz CT molecular complexity index is 391. The number of nitrogens with zero attached hydrogens (tertiary/aromatic N) is 1. The lowest BCUT2D eigenvalue weighted by Gasteiger charge is -2.39. The van der Waals surface area contributed by atoms with Crippen molar-refractivity contribution in [1.29, 1.82) is 0 Å². The topological polar surface area (TPSA) is 66.8 Å². The number of carboxylic acids is 1. The van der Waals surface area contributed by atoms with Crippen LogP contribution >= 0.6 is 0 Å². The van der Waals surface area contributed by atoms with Gasteiger partial charge in [-0.15, -0.1) is 0 Å². The van der Waals surface area contributed by atoms with Gasteiger partial charge in [-0.25, -0.2) is 4.79 Å². The second-order valence-electron chi connectivity index (χ2n) is 7.25. The predicted molar refractivity (Wildman–Crippen MR) is 74.5 cm³/mol. The Morgan fingerprint density at radius 2 is 1.80 bits per heavy atom. The van der Waals surface area contributed by atoms with E-state index in [-0.39, 0.29) is 17.4 Å². The summed E-state index contributed by atoms with van der Waals surface area (Å²) >= 11 is 0. The van der Waals surface area contributed by atoms with Gasteiger partial charge in [-0.05, 0) is 58.3 Å². The first-order chi connectivity index (χ1) is 9.21. The Balaban J connectivity index is 1.87. The lowest BCUT2D eigenvalue weighted by atomic mass is 9.76. The molecule has 1 aliphatic carbocycles. The van der Waals surface area contributed by atoms with Crippen LogP contribution in [-0.4, -0.2) is 40.8 Å². The molecule has 20 heavy (non-hydrogen) atoms. The maximum atomic E-state index is 12.0. The molecular weight excluding hydrogens is 258 g/mol. The van der Waals surface area contributed by atoms with Crippen LogP contribution in [0.25, 0.3) is 0 Å². The zero-order valence-electron chi connectivity index (χ0n) is 12.6.